The van der Waals surface area contributed by atoms with Gasteiger partial charge in [0.05, 0.1) is 11.6 Å². The number of amides is 1. The molecule has 0 unspecified atom stereocenters. The number of carbonyl (C=O) groups excluding carboxylic acids is 1. The predicted octanol–water partition coefficient (Wildman–Crippen LogP) is 2.57. The molecule has 0 aliphatic heterocycles. The smallest absolute Gasteiger partial charge is 0.231 e. The van der Waals surface area contributed by atoms with Crippen molar-refractivity contribution in [1.29, 1.82) is 0 Å². The molecule has 3 N–H and O–H groups in total. The zero-order chi connectivity index (χ0) is 16.7. The van der Waals surface area contributed by atoms with Gasteiger partial charge in [-0.1, -0.05) is 0 Å². The lowest BCUT2D eigenvalue weighted by molar-refractivity contribution is -0.117. The molecule has 1 saturated carbocycles. The molecule has 4 rings (SSSR count). The van der Waals surface area contributed by atoms with Crippen molar-refractivity contribution < 1.29 is 9.18 Å². The molecule has 0 aromatic carbocycles. The summed E-state index contributed by atoms with van der Waals surface area (Å²) in [6, 6.07) is 7.27. The maximum atomic E-state index is 13.0. The third-order valence-corrected chi connectivity index (χ3v) is 4.00. The molecular weight excluding hydrogens is 309 g/mol. The molecule has 0 saturated heterocycles. The second-order valence-electron chi connectivity index (χ2n) is 5.77. The van der Waals surface area contributed by atoms with Crippen molar-refractivity contribution in [2.45, 2.75) is 12.6 Å². The van der Waals surface area contributed by atoms with Crippen LogP contribution in [0.1, 0.15) is 6.42 Å². The van der Waals surface area contributed by atoms with Crippen molar-refractivity contribution in [2.24, 2.45) is 5.92 Å². The summed E-state index contributed by atoms with van der Waals surface area (Å²) in [4.78, 5) is 24.4. The molecule has 120 valence electrons. The Morgan fingerprint density at radius 1 is 1.33 bits per heavy atom. The summed E-state index contributed by atoms with van der Waals surface area (Å²) in [6.07, 6.45) is 4.18. The molecule has 1 aliphatic carbocycles. The fourth-order valence-electron chi connectivity index (χ4n) is 2.56. The molecule has 0 bridgehead atoms. The Balaban J connectivity index is 1.71. The number of hydrogen-bond donors (Lipinski definition) is 2. The number of hydrogen-bond acceptors (Lipinski definition) is 5. The number of aromatic nitrogens is 3. The molecule has 1 fully saturated rings. The standard InChI is InChI=1S/C17H14FN5O/c18-13-6-11(13)17(24)23-15-5-10-4-14(9-2-1-3-20-7-9)22-16(19)12(10)8-21-15/h1-5,7-8,11,13H,6H2,(H2,19,22)(H,21,23,24)/t11-,13-/m0/s1. The molecule has 3 heterocycles. The lowest BCUT2D eigenvalue weighted by atomic mass is 10.1. The summed E-state index contributed by atoms with van der Waals surface area (Å²) in [5.74, 6) is -0.183. The van der Waals surface area contributed by atoms with Crippen LogP contribution < -0.4 is 11.1 Å². The molecule has 3 aromatic heterocycles. The lowest BCUT2D eigenvalue weighted by Crippen LogP contribution is -2.15. The van der Waals surface area contributed by atoms with Gasteiger partial charge in [-0.15, -0.1) is 0 Å². The SMILES string of the molecule is Nc1nc(-c2cccnc2)cc2cc(NC(=O)[C@H]3C[C@@H]3F)ncc12. The predicted molar refractivity (Wildman–Crippen MR) is 88.8 cm³/mol. The highest BCUT2D eigenvalue weighted by molar-refractivity contribution is 5.98. The Labute approximate surface area is 136 Å². The van der Waals surface area contributed by atoms with Crippen molar-refractivity contribution in [1.82, 2.24) is 15.0 Å². The minimum atomic E-state index is -1.04. The first-order valence-corrected chi connectivity index (χ1v) is 7.53. The first kappa shape index (κ1) is 14.5. The zero-order valence-electron chi connectivity index (χ0n) is 12.6. The number of halogens is 1. The van der Waals surface area contributed by atoms with Gasteiger partial charge >= 0.3 is 0 Å². The number of pyridine rings is 3. The van der Waals surface area contributed by atoms with Crippen LogP contribution in [0, 0.1) is 5.92 Å². The van der Waals surface area contributed by atoms with E-state index in [9.17, 15) is 9.18 Å². The topological polar surface area (TPSA) is 93.8 Å². The van der Waals surface area contributed by atoms with Crippen LogP contribution in [0.2, 0.25) is 0 Å². The quantitative estimate of drug-likeness (QED) is 0.772. The van der Waals surface area contributed by atoms with Gasteiger partial charge in [-0.3, -0.25) is 9.78 Å². The molecule has 2 atom stereocenters. The van der Waals surface area contributed by atoms with Gasteiger partial charge in [0, 0.05) is 29.5 Å². The van der Waals surface area contributed by atoms with Gasteiger partial charge in [-0.2, -0.15) is 0 Å². The Morgan fingerprint density at radius 2 is 2.17 bits per heavy atom. The van der Waals surface area contributed by atoms with Crippen molar-refractivity contribution >= 4 is 28.3 Å². The maximum absolute atomic E-state index is 13.0. The fourth-order valence-corrected chi connectivity index (χ4v) is 2.56. The van der Waals surface area contributed by atoms with Crippen LogP contribution in [0.25, 0.3) is 22.0 Å². The van der Waals surface area contributed by atoms with Gasteiger partial charge in [0.15, 0.2) is 0 Å². The van der Waals surface area contributed by atoms with E-state index in [-0.39, 0.29) is 12.3 Å². The highest BCUT2D eigenvalue weighted by Crippen LogP contribution is 2.35. The van der Waals surface area contributed by atoms with Gasteiger partial charge in [0.2, 0.25) is 5.91 Å². The number of rotatable bonds is 3. The third kappa shape index (κ3) is 2.64. The van der Waals surface area contributed by atoms with Crippen LogP contribution in [0.3, 0.4) is 0 Å². The highest BCUT2D eigenvalue weighted by atomic mass is 19.1. The Bertz CT molecular complexity index is 931. The highest BCUT2D eigenvalue weighted by Gasteiger charge is 2.43. The summed E-state index contributed by atoms with van der Waals surface area (Å²) in [6.45, 7) is 0. The molecule has 6 nitrogen and oxygen atoms in total. The van der Waals surface area contributed by atoms with Crippen LogP contribution in [-0.4, -0.2) is 27.0 Å². The van der Waals surface area contributed by atoms with Crippen LogP contribution >= 0.6 is 0 Å². The minimum Gasteiger partial charge on any atom is -0.383 e. The number of anilines is 2. The average molecular weight is 323 g/mol. The van der Waals surface area contributed by atoms with Crippen molar-refractivity contribution in [2.75, 3.05) is 11.1 Å². The number of nitrogens with zero attached hydrogens (tertiary/aromatic N) is 3. The van der Waals surface area contributed by atoms with Gasteiger partial charge in [-0.05, 0) is 36.1 Å². The Morgan fingerprint density at radius 3 is 2.88 bits per heavy atom. The molecule has 7 heteroatoms. The van der Waals surface area contributed by atoms with Crippen LogP contribution in [0.15, 0.2) is 42.9 Å². The van der Waals surface area contributed by atoms with E-state index in [0.29, 0.717) is 22.7 Å². The van der Waals surface area contributed by atoms with Crippen molar-refractivity contribution in [3.05, 3.63) is 42.9 Å². The van der Waals surface area contributed by atoms with Gasteiger partial charge in [0.25, 0.3) is 0 Å². The van der Waals surface area contributed by atoms with E-state index in [4.69, 9.17) is 5.73 Å². The van der Waals surface area contributed by atoms with Gasteiger partial charge < -0.3 is 11.1 Å². The van der Waals surface area contributed by atoms with E-state index >= 15 is 0 Å². The molecule has 0 spiro atoms. The van der Waals surface area contributed by atoms with Crippen LogP contribution in [-0.2, 0) is 4.79 Å². The second kappa shape index (κ2) is 5.52. The Hall–Kier alpha value is -3.09. The number of nitrogens with two attached hydrogens (primary N) is 1. The summed E-state index contributed by atoms with van der Waals surface area (Å²) in [5.41, 5.74) is 7.54. The lowest BCUT2D eigenvalue weighted by Gasteiger charge is -2.08. The summed E-state index contributed by atoms with van der Waals surface area (Å²) in [7, 11) is 0. The van der Waals surface area contributed by atoms with E-state index in [0.717, 1.165) is 10.9 Å². The van der Waals surface area contributed by atoms with Gasteiger partial charge in [-0.25, -0.2) is 14.4 Å². The zero-order valence-corrected chi connectivity index (χ0v) is 12.6. The number of carbonyl (C=O) groups is 1. The van der Waals surface area contributed by atoms with Crippen molar-refractivity contribution in [3.8, 4) is 11.3 Å². The number of fused-ring (bicyclic) bond motifs is 1. The first-order valence-electron chi connectivity index (χ1n) is 7.53. The molecule has 1 amide bonds. The normalized spacial score (nSPS) is 19.2. The Kier molecular flexibility index (Phi) is 3.34. The molecule has 3 aromatic rings. The molecule has 24 heavy (non-hydrogen) atoms. The van der Waals surface area contributed by atoms with E-state index in [2.05, 4.69) is 20.3 Å². The second-order valence-corrected chi connectivity index (χ2v) is 5.77. The summed E-state index contributed by atoms with van der Waals surface area (Å²) < 4.78 is 13.0. The van der Waals surface area contributed by atoms with Gasteiger partial charge in [0.1, 0.15) is 17.8 Å². The molecular formula is C17H14FN5O. The van der Waals surface area contributed by atoms with Crippen molar-refractivity contribution in [3.63, 3.8) is 0 Å². The molecule has 1 aliphatic rings. The van der Waals surface area contributed by atoms with E-state index < -0.39 is 12.1 Å². The first-order chi connectivity index (χ1) is 11.6. The largest absolute Gasteiger partial charge is 0.383 e. The fraction of sp³-hybridized carbons (Fsp3) is 0.176. The van der Waals surface area contributed by atoms with E-state index in [1.807, 2.05) is 18.2 Å². The van der Waals surface area contributed by atoms with E-state index in [1.54, 1.807) is 24.7 Å². The number of alkyl halides is 1. The average Bonchev–Trinajstić information content (AvgIpc) is 3.32. The molecule has 0 radical (unpaired) electrons. The van der Waals surface area contributed by atoms with Crippen LogP contribution in [0.4, 0.5) is 16.0 Å². The number of nitrogens with one attached hydrogen (secondary N) is 1. The third-order valence-electron chi connectivity index (χ3n) is 4.00. The van der Waals surface area contributed by atoms with E-state index in [1.165, 1.54) is 0 Å². The minimum absolute atomic E-state index is 0.279. The number of nitrogen functional groups attached to an aromatic ring is 1. The maximum Gasteiger partial charge on any atom is 0.231 e. The monoisotopic (exact) mass is 323 g/mol. The van der Waals surface area contributed by atoms with Crippen LogP contribution in [0.5, 0.6) is 0 Å². The summed E-state index contributed by atoms with van der Waals surface area (Å²) >= 11 is 0. The summed E-state index contributed by atoms with van der Waals surface area (Å²) in [5, 5.41) is 4.12.